The lowest BCUT2D eigenvalue weighted by molar-refractivity contribution is 0.166. The molecule has 0 fully saturated rings. The highest BCUT2D eigenvalue weighted by Crippen LogP contribution is 2.43. The highest BCUT2D eigenvalue weighted by Gasteiger charge is 2.49. The number of alkyl halides is 1. The van der Waals surface area contributed by atoms with Crippen LogP contribution in [0, 0.1) is 0 Å². The van der Waals surface area contributed by atoms with Gasteiger partial charge < -0.3 is 4.74 Å². The Hall–Kier alpha value is -2.15. The number of aliphatic imine (C=N–C) groups is 2. The minimum atomic E-state index is -2.23. The van der Waals surface area contributed by atoms with Crippen molar-refractivity contribution in [3.8, 4) is 0 Å². The minimum absolute atomic E-state index is 0.0318. The van der Waals surface area contributed by atoms with Crippen LogP contribution in [0.5, 0.6) is 0 Å². The Labute approximate surface area is 147 Å². The lowest BCUT2D eigenvalue weighted by Gasteiger charge is -2.32. The number of aromatic nitrogens is 1. The van der Waals surface area contributed by atoms with E-state index in [-0.39, 0.29) is 12.4 Å². The van der Waals surface area contributed by atoms with E-state index in [0.717, 1.165) is 24.1 Å². The van der Waals surface area contributed by atoms with Crippen molar-refractivity contribution in [3.05, 3.63) is 53.2 Å². The molecule has 0 N–H and O–H groups in total. The third kappa shape index (κ3) is 2.66. The summed E-state index contributed by atoms with van der Waals surface area (Å²) >= 11 is 0. The van der Waals surface area contributed by atoms with Crippen molar-refractivity contribution in [2.24, 2.45) is 9.98 Å². The van der Waals surface area contributed by atoms with Crippen LogP contribution in [0.2, 0.25) is 0 Å². The number of halogens is 1. The summed E-state index contributed by atoms with van der Waals surface area (Å²) in [4.78, 5) is 12.5. The Morgan fingerprint density at radius 1 is 1.48 bits per heavy atom. The SMILES string of the molecule is CCOC1=CC2=NC=NC2=CC1(F)S(=O)C1CCCc2cccnc21. The number of aryl methyl sites for hydroxylation is 1. The first kappa shape index (κ1) is 16.3. The Bertz CT molecular complexity index is 862. The highest BCUT2D eigenvalue weighted by atomic mass is 32.2. The van der Waals surface area contributed by atoms with Crippen LogP contribution in [0.15, 0.2) is 51.9 Å². The molecule has 4 rings (SSSR count). The first-order chi connectivity index (χ1) is 12.1. The van der Waals surface area contributed by atoms with E-state index in [1.165, 1.54) is 18.5 Å². The highest BCUT2D eigenvalue weighted by molar-refractivity contribution is 7.87. The molecule has 0 aromatic carbocycles. The molecular formula is C18H18FN3O2S. The van der Waals surface area contributed by atoms with Gasteiger partial charge in [0.05, 0.1) is 39.8 Å². The number of fused-ring (bicyclic) bond motifs is 2. The first-order valence-corrected chi connectivity index (χ1v) is 9.56. The van der Waals surface area contributed by atoms with Crippen molar-refractivity contribution in [2.75, 3.05) is 6.61 Å². The molecule has 2 heterocycles. The van der Waals surface area contributed by atoms with E-state index in [0.29, 0.717) is 17.8 Å². The predicted molar refractivity (Wildman–Crippen MR) is 95.6 cm³/mol. The Balaban J connectivity index is 1.76. The van der Waals surface area contributed by atoms with Crippen LogP contribution in [0.4, 0.5) is 4.39 Å². The van der Waals surface area contributed by atoms with E-state index in [9.17, 15) is 4.21 Å². The van der Waals surface area contributed by atoms with Gasteiger partial charge in [-0.05, 0) is 37.8 Å². The zero-order valence-corrected chi connectivity index (χ0v) is 14.6. The molecule has 130 valence electrons. The average molecular weight is 359 g/mol. The average Bonchev–Trinajstić information content (AvgIpc) is 3.08. The van der Waals surface area contributed by atoms with Gasteiger partial charge >= 0.3 is 0 Å². The monoisotopic (exact) mass is 359 g/mol. The fourth-order valence-corrected chi connectivity index (χ4v) is 5.17. The number of ether oxygens (including phenoxy) is 1. The summed E-state index contributed by atoms with van der Waals surface area (Å²) in [6, 6.07) is 3.83. The summed E-state index contributed by atoms with van der Waals surface area (Å²) in [6.45, 7) is 2.05. The van der Waals surface area contributed by atoms with Crippen molar-refractivity contribution in [1.29, 1.82) is 0 Å². The Morgan fingerprint density at radius 3 is 3.20 bits per heavy atom. The maximum absolute atomic E-state index is 16.0. The van der Waals surface area contributed by atoms with Crippen LogP contribution in [-0.4, -0.2) is 32.9 Å². The minimum Gasteiger partial charge on any atom is -0.493 e. The molecule has 0 spiro atoms. The number of hydrogen-bond acceptors (Lipinski definition) is 5. The molecule has 25 heavy (non-hydrogen) atoms. The van der Waals surface area contributed by atoms with Crippen molar-refractivity contribution in [1.82, 2.24) is 4.98 Å². The molecule has 5 nitrogen and oxygen atoms in total. The zero-order chi connectivity index (χ0) is 17.4. The quantitative estimate of drug-likeness (QED) is 0.829. The molecule has 3 aliphatic rings. The summed E-state index contributed by atoms with van der Waals surface area (Å²) in [5.41, 5.74) is 2.71. The first-order valence-electron chi connectivity index (χ1n) is 8.35. The van der Waals surface area contributed by atoms with Crippen LogP contribution in [0.25, 0.3) is 0 Å². The third-order valence-electron chi connectivity index (χ3n) is 4.58. The van der Waals surface area contributed by atoms with E-state index in [1.807, 2.05) is 12.1 Å². The summed E-state index contributed by atoms with van der Waals surface area (Å²) in [5.74, 6) is 0.0318. The Kier molecular flexibility index (Phi) is 4.11. The largest absolute Gasteiger partial charge is 0.493 e. The second-order valence-corrected chi connectivity index (χ2v) is 7.86. The second kappa shape index (κ2) is 6.29. The van der Waals surface area contributed by atoms with E-state index in [2.05, 4.69) is 15.0 Å². The molecule has 0 radical (unpaired) electrons. The molecule has 3 atom stereocenters. The maximum atomic E-state index is 16.0. The molecule has 3 unspecified atom stereocenters. The number of rotatable bonds is 4. The standard InChI is InChI=1S/C18H18FN3O2S/c1-2-24-16-9-13-14(22-11-21-13)10-18(16,19)25(23)15-7-3-5-12-6-4-8-20-17(12)15/h4,6,8-11,15H,2-3,5,7H2,1H3. The van der Waals surface area contributed by atoms with Crippen molar-refractivity contribution >= 4 is 22.8 Å². The normalized spacial score (nSPS) is 28.4. The van der Waals surface area contributed by atoms with Gasteiger partial charge in [-0.2, -0.15) is 0 Å². The molecule has 7 heteroatoms. The van der Waals surface area contributed by atoms with Gasteiger partial charge in [0, 0.05) is 18.3 Å². The van der Waals surface area contributed by atoms with Gasteiger partial charge in [-0.25, -0.2) is 14.4 Å². The zero-order valence-electron chi connectivity index (χ0n) is 13.8. The van der Waals surface area contributed by atoms with Crippen LogP contribution < -0.4 is 0 Å². The lowest BCUT2D eigenvalue weighted by Crippen LogP contribution is -2.38. The van der Waals surface area contributed by atoms with Gasteiger partial charge in [0.15, 0.2) is 5.76 Å². The van der Waals surface area contributed by atoms with E-state index >= 15 is 4.39 Å². The van der Waals surface area contributed by atoms with Gasteiger partial charge in [-0.1, -0.05) is 6.07 Å². The molecule has 0 amide bonds. The molecular weight excluding hydrogens is 341 g/mol. The number of allylic oxidation sites excluding steroid dienone is 1. The van der Waals surface area contributed by atoms with Gasteiger partial charge in [0.2, 0.25) is 0 Å². The molecule has 0 saturated heterocycles. The Morgan fingerprint density at radius 2 is 2.36 bits per heavy atom. The van der Waals surface area contributed by atoms with Crippen LogP contribution in [-0.2, 0) is 22.0 Å². The van der Waals surface area contributed by atoms with Crippen LogP contribution in [0.3, 0.4) is 0 Å². The fourth-order valence-electron chi connectivity index (χ4n) is 3.41. The van der Waals surface area contributed by atoms with Gasteiger partial charge in [-0.3, -0.25) is 9.19 Å². The van der Waals surface area contributed by atoms with E-state index in [1.54, 1.807) is 13.1 Å². The van der Waals surface area contributed by atoms with Crippen molar-refractivity contribution < 1.29 is 13.3 Å². The maximum Gasteiger partial charge on any atom is 0.262 e. The summed E-state index contributed by atoms with van der Waals surface area (Å²) in [6.07, 6.45) is 8.21. The topological polar surface area (TPSA) is 63.9 Å². The lowest BCUT2D eigenvalue weighted by atomic mass is 9.96. The van der Waals surface area contributed by atoms with Gasteiger partial charge in [0.25, 0.3) is 5.00 Å². The van der Waals surface area contributed by atoms with Gasteiger partial charge in [-0.15, -0.1) is 0 Å². The molecule has 1 aromatic heterocycles. The molecule has 0 bridgehead atoms. The van der Waals surface area contributed by atoms with E-state index < -0.39 is 21.1 Å². The fraction of sp³-hybridized carbons (Fsp3) is 0.389. The van der Waals surface area contributed by atoms with Crippen LogP contribution >= 0.6 is 0 Å². The molecule has 2 aliphatic carbocycles. The predicted octanol–water partition coefficient (Wildman–Crippen LogP) is 3.17. The molecule has 1 aliphatic heterocycles. The van der Waals surface area contributed by atoms with Crippen molar-refractivity contribution in [2.45, 2.75) is 36.4 Å². The number of nitrogens with zero attached hydrogens (tertiary/aromatic N) is 3. The van der Waals surface area contributed by atoms with Crippen molar-refractivity contribution in [3.63, 3.8) is 0 Å². The summed E-state index contributed by atoms with van der Waals surface area (Å²) < 4.78 is 34.9. The summed E-state index contributed by atoms with van der Waals surface area (Å²) in [5, 5.41) is -2.71. The van der Waals surface area contributed by atoms with Crippen LogP contribution in [0.1, 0.15) is 36.3 Å². The summed E-state index contributed by atoms with van der Waals surface area (Å²) in [7, 11) is -1.89. The number of pyridine rings is 1. The molecule has 0 saturated carbocycles. The van der Waals surface area contributed by atoms with Gasteiger partial charge in [0.1, 0.15) is 6.34 Å². The molecule has 1 aromatic rings. The smallest absolute Gasteiger partial charge is 0.262 e. The number of hydrogen-bond donors (Lipinski definition) is 0. The second-order valence-electron chi connectivity index (χ2n) is 6.10. The third-order valence-corrected chi connectivity index (χ3v) is 6.46. The van der Waals surface area contributed by atoms with E-state index in [4.69, 9.17) is 4.74 Å².